The molecule has 43 heavy (non-hydrogen) atoms. The lowest BCUT2D eigenvalue weighted by molar-refractivity contribution is -0.142. The van der Waals surface area contributed by atoms with Crippen LogP contribution in [0.4, 0.5) is 0 Å². The molecule has 0 aliphatic heterocycles. The minimum atomic E-state index is -1.25. The van der Waals surface area contributed by atoms with Crippen molar-refractivity contribution in [3.8, 4) is 0 Å². The van der Waals surface area contributed by atoms with Gasteiger partial charge < -0.3 is 48.2 Å². The van der Waals surface area contributed by atoms with Gasteiger partial charge in [0.2, 0.25) is 17.7 Å². The Morgan fingerprint density at radius 3 is 2.00 bits per heavy atom. The van der Waals surface area contributed by atoms with Gasteiger partial charge in [0.15, 0.2) is 0 Å². The number of carboxylic acids is 1. The highest BCUT2D eigenvalue weighted by Crippen LogP contribution is 2.19. The molecular formula is C29H43N9O5. The number of nitrogens with one attached hydrogen (secondary N) is 5. The molecule has 0 spiro atoms. The number of para-hydroxylation sites is 1. The van der Waals surface area contributed by atoms with Crippen LogP contribution in [-0.2, 0) is 32.0 Å². The summed E-state index contributed by atoms with van der Waals surface area (Å²) in [6, 6.07) is 3.49. The molecule has 3 amide bonds. The summed E-state index contributed by atoms with van der Waals surface area (Å²) in [5, 5.41) is 18.6. The molecule has 2 aromatic heterocycles. The maximum Gasteiger partial charge on any atom is 0.326 e. The summed E-state index contributed by atoms with van der Waals surface area (Å²) in [5.74, 6) is -2.96. The summed E-state index contributed by atoms with van der Waals surface area (Å²) in [4.78, 5) is 61.6. The van der Waals surface area contributed by atoms with Crippen molar-refractivity contribution < 1.29 is 24.3 Å². The van der Waals surface area contributed by atoms with E-state index in [2.05, 4.69) is 30.9 Å². The first-order valence-electron chi connectivity index (χ1n) is 14.5. The van der Waals surface area contributed by atoms with E-state index in [4.69, 9.17) is 17.2 Å². The van der Waals surface area contributed by atoms with Gasteiger partial charge in [0, 0.05) is 35.4 Å². The van der Waals surface area contributed by atoms with Crippen LogP contribution in [0.3, 0.4) is 0 Å². The van der Waals surface area contributed by atoms with Crippen molar-refractivity contribution >= 4 is 34.6 Å². The number of carboxylic acid groups (broad SMARTS) is 1. The number of H-pyrrole nitrogens is 2. The third-order valence-electron chi connectivity index (χ3n) is 7.20. The minimum absolute atomic E-state index is 0.0172. The number of hydrogen-bond donors (Lipinski definition) is 9. The predicted octanol–water partition coefficient (Wildman–Crippen LogP) is -0.199. The maximum absolute atomic E-state index is 13.5. The molecule has 3 rings (SSSR count). The second-order valence-electron chi connectivity index (χ2n) is 10.5. The molecule has 0 saturated carbocycles. The molecule has 234 valence electrons. The highest BCUT2D eigenvalue weighted by atomic mass is 16.4. The lowest BCUT2D eigenvalue weighted by Crippen LogP contribution is -2.57. The topological polar surface area (TPSA) is 247 Å². The molecule has 0 fully saturated rings. The van der Waals surface area contributed by atoms with Crippen LogP contribution >= 0.6 is 0 Å². The molecule has 12 N–H and O–H groups in total. The fraction of sp³-hybridized carbons (Fsp3) is 0.483. The molecule has 0 saturated heterocycles. The third-order valence-corrected chi connectivity index (χ3v) is 7.20. The van der Waals surface area contributed by atoms with E-state index in [-0.39, 0.29) is 25.7 Å². The summed E-state index contributed by atoms with van der Waals surface area (Å²) >= 11 is 0. The van der Waals surface area contributed by atoms with Crippen LogP contribution in [0.5, 0.6) is 0 Å². The van der Waals surface area contributed by atoms with Gasteiger partial charge in [-0.1, -0.05) is 18.2 Å². The van der Waals surface area contributed by atoms with E-state index in [0.29, 0.717) is 44.5 Å². The van der Waals surface area contributed by atoms with Gasteiger partial charge in [-0.2, -0.15) is 0 Å². The van der Waals surface area contributed by atoms with E-state index in [1.807, 2.05) is 30.5 Å². The zero-order chi connectivity index (χ0) is 31.2. The number of nitrogens with two attached hydrogens (primary N) is 3. The zero-order valence-corrected chi connectivity index (χ0v) is 24.2. The van der Waals surface area contributed by atoms with Crippen LogP contribution in [-0.4, -0.2) is 81.0 Å². The van der Waals surface area contributed by atoms with Gasteiger partial charge in [0.05, 0.1) is 12.4 Å². The Kier molecular flexibility index (Phi) is 13.1. The second-order valence-corrected chi connectivity index (χ2v) is 10.5. The fourth-order valence-electron chi connectivity index (χ4n) is 4.79. The van der Waals surface area contributed by atoms with Crippen molar-refractivity contribution in [2.24, 2.45) is 17.2 Å². The van der Waals surface area contributed by atoms with Gasteiger partial charge >= 0.3 is 5.97 Å². The van der Waals surface area contributed by atoms with E-state index in [9.17, 15) is 24.3 Å². The Hall–Kier alpha value is -4.27. The molecule has 1 aromatic carbocycles. The quantitative estimate of drug-likeness (QED) is 0.0829. The van der Waals surface area contributed by atoms with Crippen molar-refractivity contribution in [3.05, 3.63) is 54.2 Å². The van der Waals surface area contributed by atoms with E-state index in [1.54, 1.807) is 0 Å². The second kappa shape index (κ2) is 17.0. The Balaban J connectivity index is 1.69. The Bertz CT molecular complexity index is 1330. The first-order valence-corrected chi connectivity index (χ1v) is 14.5. The zero-order valence-electron chi connectivity index (χ0n) is 24.2. The highest BCUT2D eigenvalue weighted by molar-refractivity contribution is 5.94. The molecule has 0 radical (unpaired) electrons. The number of aromatic nitrogens is 3. The van der Waals surface area contributed by atoms with Gasteiger partial charge in [0.1, 0.15) is 18.1 Å². The number of nitrogens with zero attached hydrogens (tertiary/aromatic N) is 1. The maximum atomic E-state index is 13.5. The lowest BCUT2D eigenvalue weighted by Gasteiger charge is -2.25. The molecule has 2 heterocycles. The number of carbonyl (C=O) groups is 4. The summed E-state index contributed by atoms with van der Waals surface area (Å²) in [5.41, 5.74) is 19.9. The average Bonchev–Trinajstić information content (AvgIpc) is 3.66. The first kappa shape index (κ1) is 33.2. The standard InChI is InChI=1S/C29H43N9O5/c30-11-5-3-9-23(36-26(39)21(32)13-18-15-34-22-8-2-1-7-20(18)22)27(40)37-24(10-4-6-12-31)28(41)38-25(29(42)43)14-19-16-33-17-35-19/h1-2,7-8,15-17,21,23-25,34H,3-6,9-14,30-32H2,(H,33,35)(H,36,39)(H,37,40)(H,38,41)(H,42,43). The highest BCUT2D eigenvalue weighted by Gasteiger charge is 2.30. The Morgan fingerprint density at radius 1 is 0.814 bits per heavy atom. The minimum Gasteiger partial charge on any atom is -0.480 e. The van der Waals surface area contributed by atoms with E-state index in [0.717, 1.165) is 16.5 Å². The van der Waals surface area contributed by atoms with E-state index in [1.165, 1.54) is 12.5 Å². The molecule has 4 unspecified atom stereocenters. The number of rotatable bonds is 19. The SMILES string of the molecule is NCCCCC(NC(=O)C(N)Cc1c[nH]c2ccccc12)C(=O)NC(CCCCN)C(=O)NC(Cc1cnc[nH]1)C(=O)O. The number of fused-ring (bicyclic) bond motifs is 1. The normalized spacial score (nSPS) is 14.0. The molecule has 3 aromatic rings. The van der Waals surface area contributed by atoms with E-state index < -0.39 is 47.9 Å². The summed E-state index contributed by atoms with van der Waals surface area (Å²) in [6.45, 7) is 0.811. The van der Waals surface area contributed by atoms with Crippen LogP contribution < -0.4 is 33.2 Å². The monoisotopic (exact) mass is 597 g/mol. The van der Waals surface area contributed by atoms with Crippen molar-refractivity contribution in [3.63, 3.8) is 0 Å². The lowest BCUT2D eigenvalue weighted by atomic mass is 10.0. The van der Waals surface area contributed by atoms with Crippen LogP contribution in [0.15, 0.2) is 43.0 Å². The van der Waals surface area contributed by atoms with Crippen LogP contribution in [0.2, 0.25) is 0 Å². The Labute approximate surface area is 249 Å². The van der Waals surface area contributed by atoms with Gasteiger partial charge in [-0.3, -0.25) is 14.4 Å². The summed E-state index contributed by atoms with van der Waals surface area (Å²) in [7, 11) is 0. The van der Waals surface area contributed by atoms with Crippen molar-refractivity contribution in [1.29, 1.82) is 0 Å². The van der Waals surface area contributed by atoms with Crippen molar-refractivity contribution in [1.82, 2.24) is 30.9 Å². The molecule has 0 bridgehead atoms. The average molecular weight is 598 g/mol. The molecule has 14 heteroatoms. The third kappa shape index (κ3) is 10.2. The van der Waals surface area contributed by atoms with Crippen LogP contribution in [0.25, 0.3) is 10.9 Å². The van der Waals surface area contributed by atoms with Crippen LogP contribution in [0.1, 0.15) is 49.8 Å². The number of carbonyl (C=O) groups excluding carboxylic acids is 3. The van der Waals surface area contributed by atoms with Crippen molar-refractivity contribution in [2.75, 3.05) is 13.1 Å². The van der Waals surface area contributed by atoms with E-state index >= 15 is 0 Å². The molecule has 0 aliphatic carbocycles. The first-order chi connectivity index (χ1) is 20.7. The summed E-state index contributed by atoms with van der Waals surface area (Å²) in [6.07, 6.45) is 7.76. The summed E-state index contributed by atoms with van der Waals surface area (Å²) < 4.78 is 0. The number of benzene rings is 1. The Morgan fingerprint density at radius 2 is 1.42 bits per heavy atom. The van der Waals surface area contributed by atoms with Crippen LogP contribution in [0, 0.1) is 0 Å². The van der Waals surface area contributed by atoms with Gasteiger partial charge in [-0.25, -0.2) is 9.78 Å². The van der Waals surface area contributed by atoms with Crippen molar-refractivity contribution in [2.45, 2.75) is 75.5 Å². The molecule has 14 nitrogen and oxygen atoms in total. The predicted molar refractivity (Wildman–Crippen MR) is 162 cm³/mol. The molecule has 0 aliphatic rings. The van der Waals surface area contributed by atoms with Gasteiger partial charge in [-0.15, -0.1) is 0 Å². The molecule has 4 atom stereocenters. The van der Waals surface area contributed by atoms with Gasteiger partial charge in [0.25, 0.3) is 0 Å². The number of amides is 3. The fourth-order valence-corrected chi connectivity index (χ4v) is 4.79. The largest absolute Gasteiger partial charge is 0.480 e. The number of aliphatic carboxylic acids is 1. The number of aromatic amines is 2. The smallest absolute Gasteiger partial charge is 0.326 e. The number of unbranched alkanes of at least 4 members (excludes halogenated alkanes) is 2. The number of imidazole rings is 1. The van der Waals surface area contributed by atoms with Gasteiger partial charge in [-0.05, 0) is 69.7 Å². The molecular weight excluding hydrogens is 554 g/mol. The number of hydrogen-bond acceptors (Lipinski definition) is 8.